The summed E-state index contributed by atoms with van der Waals surface area (Å²) in [6.45, 7) is 3.77. The van der Waals surface area contributed by atoms with Crippen LogP contribution in [-0.2, 0) is 0 Å². The maximum Gasteiger partial charge on any atom is 0.183 e. The van der Waals surface area contributed by atoms with Gasteiger partial charge in [0, 0.05) is 0 Å². The van der Waals surface area contributed by atoms with Crippen molar-refractivity contribution in [3.63, 3.8) is 0 Å². The van der Waals surface area contributed by atoms with Crippen molar-refractivity contribution in [1.82, 2.24) is 19.9 Å². The Morgan fingerprint density at radius 3 is 2.54 bits per heavy atom. The van der Waals surface area contributed by atoms with Gasteiger partial charge in [-0.3, -0.25) is 0 Å². The van der Waals surface area contributed by atoms with Crippen LogP contribution in [-0.4, -0.2) is 19.9 Å². The molecule has 0 fully saturated rings. The van der Waals surface area contributed by atoms with Gasteiger partial charge in [-0.15, -0.1) is 0 Å². The first kappa shape index (κ1) is 8.31. The molecular formula is C8H7ClN4. The normalized spacial score (nSPS) is 10.7. The van der Waals surface area contributed by atoms with E-state index in [1.54, 1.807) is 0 Å². The maximum absolute atomic E-state index is 5.83. The molecule has 0 radical (unpaired) electrons. The summed E-state index contributed by atoms with van der Waals surface area (Å²) in [6, 6.07) is 0. The first-order valence-corrected chi connectivity index (χ1v) is 4.17. The number of hydrogen-bond donors (Lipinski definition) is 0. The molecule has 0 atom stereocenters. The van der Waals surface area contributed by atoms with Crippen molar-refractivity contribution in [3.8, 4) is 0 Å². The van der Waals surface area contributed by atoms with Gasteiger partial charge in [0.2, 0.25) is 0 Å². The summed E-state index contributed by atoms with van der Waals surface area (Å²) in [6.07, 6.45) is 1.38. The van der Waals surface area contributed by atoms with Crippen LogP contribution >= 0.6 is 11.6 Å². The number of rotatable bonds is 0. The lowest BCUT2D eigenvalue weighted by Crippen LogP contribution is -1.96. The van der Waals surface area contributed by atoms with Gasteiger partial charge in [0.1, 0.15) is 11.8 Å². The first-order valence-electron chi connectivity index (χ1n) is 3.80. The summed E-state index contributed by atoms with van der Waals surface area (Å²) in [5.74, 6) is 0. The van der Waals surface area contributed by atoms with Crippen molar-refractivity contribution in [3.05, 3.63) is 22.9 Å². The minimum atomic E-state index is 0.348. The molecule has 0 aliphatic heterocycles. The monoisotopic (exact) mass is 194 g/mol. The zero-order chi connectivity index (χ0) is 9.42. The van der Waals surface area contributed by atoms with Gasteiger partial charge in [0.25, 0.3) is 0 Å². The van der Waals surface area contributed by atoms with Crippen LogP contribution in [0.3, 0.4) is 0 Å². The molecule has 0 saturated carbocycles. The van der Waals surface area contributed by atoms with E-state index in [-0.39, 0.29) is 0 Å². The van der Waals surface area contributed by atoms with Crippen molar-refractivity contribution >= 4 is 22.8 Å². The Balaban J connectivity index is 2.89. The highest BCUT2D eigenvalue weighted by Crippen LogP contribution is 2.16. The number of nitrogens with zero attached hydrogens (tertiary/aromatic N) is 4. The predicted molar refractivity (Wildman–Crippen MR) is 49.6 cm³/mol. The number of halogens is 1. The molecule has 0 aliphatic rings. The molecule has 2 aromatic rings. The van der Waals surface area contributed by atoms with Gasteiger partial charge < -0.3 is 0 Å². The molecule has 0 N–H and O–H groups in total. The van der Waals surface area contributed by atoms with E-state index < -0.39 is 0 Å². The molecule has 4 nitrogen and oxygen atoms in total. The summed E-state index contributed by atoms with van der Waals surface area (Å²) in [5, 5.41) is 0.348. The minimum Gasteiger partial charge on any atom is -0.245 e. The molecule has 66 valence electrons. The van der Waals surface area contributed by atoms with Gasteiger partial charge in [0.05, 0.1) is 11.4 Å². The van der Waals surface area contributed by atoms with Crippen molar-refractivity contribution in [2.24, 2.45) is 0 Å². The second-order valence-electron chi connectivity index (χ2n) is 2.73. The average molecular weight is 195 g/mol. The topological polar surface area (TPSA) is 51.6 Å². The Morgan fingerprint density at radius 1 is 1.08 bits per heavy atom. The number of fused-ring (bicyclic) bond motifs is 1. The fraction of sp³-hybridized carbons (Fsp3) is 0.250. The predicted octanol–water partition coefficient (Wildman–Crippen LogP) is 1.69. The van der Waals surface area contributed by atoms with Gasteiger partial charge in [-0.25, -0.2) is 19.9 Å². The SMILES string of the molecule is Cc1nc2ncnc(Cl)c2nc1C. The van der Waals surface area contributed by atoms with Crippen molar-refractivity contribution in [2.75, 3.05) is 0 Å². The molecular weight excluding hydrogens is 188 g/mol. The lowest BCUT2D eigenvalue weighted by Gasteiger charge is -2.01. The van der Waals surface area contributed by atoms with Crippen molar-refractivity contribution < 1.29 is 0 Å². The molecule has 0 amide bonds. The number of hydrogen-bond acceptors (Lipinski definition) is 4. The molecule has 0 aliphatic carbocycles. The molecule has 2 aromatic heterocycles. The molecule has 0 spiro atoms. The third kappa shape index (κ3) is 1.33. The second-order valence-corrected chi connectivity index (χ2v) is 3.09. The molecule has 0 aromatic carbocycles. The number of aromatic nitrogens is 4. The summed E-state index contributed by atoms with van der Waals surface area (Å²) in [7, 11) is 0. The van der Waals surface area contributed by atoms with E-state index in [0.717, 1.165) is 11.4 Å². The second kappa shape index (κ2) is 2.88. The van der Waals surface area contributed by atoms with E-state index in [1.165, 1.54) is 6.33 Å². The van der Waals surface area contributed by atoms with Crippen LogP contribution < -0.4 is 0 Å². The molecule has 5 heteroatoms. The van der Waals surface area contributed by atoms with E-state index in [1.807, 2.05) is 13.8 Å². The highest BCUT2D eigenvalue weighted by atomic mass is 35.5. The van der Waals surface area contributed by atoms with Crippen molar-refractivity contribution in [2.45, 2.75) is 13.8 Å². The smallest absolute Gasteiger partial charge is 0.183 e. The summed E-state index contributed by atoms with van der Waals surface area (Å²) in [4.78, 5) is 16.3. The Hall–Kier alpha value is -1.29. The van der Waals surface area contributed by atoms with E-state index in [4.69, 9.17) is 11.6 Å². The molecule has 0 unspecified atom stereocenters. The van der Waals surface area contributed by atoms with E-state index >= 15 is 0 Å². The van der Waals surface area contributed by atoms with Crippen LogP contribution in [0.25, 0.3) is 11.2 Å². The Morgan fingerprint density at radius 2 is 1.77 bits per heavy atom. The van der Waals surface area contributed by atoms with Gasteiger partial charge in [-0.2, -0.15) is 0 Å². The molecule has 0 bridgehead atoms. The maximum atomic E-state index is 5.83. The standard InChI is InChI=1S/C8H7ClN4/c1-4-5(2)13-8-6(12-4)7(9)10-3-11-8/h3H,1-2H3. The Kier molecular flexibility index (Phi) is 1.84. The summed E-state index contributed by atoms with van der Waals surface area (Å²) in [5.41, 5.74) is 2.82. The van der Waals surface area contributed by atoms with Crippen molar-refractivity contribution in [1.29, 1.82) is 0 Å². The van der Waals surface area contributed by atoms with Gasteiger partial charge in [-0.1, -0.05) is 11.6 Å². The lowest BCUT2D eigenvalue weighted by atomic mass is 10.3. The highest BCUT2D eigenvalue weighted by Gasteiger charge is 2.05. The van der Waals surface area contributed by atoms with Crippen LogP contribution in [0, 0.1) is 13.8 Å². The summed E-state index contributed by atoms with van der Waals surface area (Å²) < 4.78 is 0. The fourth-order valence-corrected chi connectivity index (χ4v) is 1.19. The van der Waals surface area contributed by atoms with Crippen LogP contribution in [0.1, 0.15) is 11.4 Å². The zero-order valence-corrected chi connectivity index (χ0v) is 8.00. The molecule has 2 rings (SSSR count). The van der Waals surface area contributed by atoms with Crippen LogP contribution in [0.4, 0.5) is 0 Å². The van der Waals surface area contributed by atoms with E-state index in [9.17, 15) is 0 Å². The minimum absolute atomic E-state index is 0.348. The van der Waals surface area contributed by atoms with Gasteiger partial charge in [-0.05, 0) is 13.8 Å². The first-order chi connectivity index (χ1) is 6.18. The van der Waals surface area contributed by atoms with Gasteiger partial charge in [0.15, 0.2) is 10.8 Å². The molecule has 0 saturated heterocycles. The summed E-state index contributed by atoms with van der Waals surface area (Å²) >= 11 is 5.83. The third-order valence-corrected chi connectivity index (χ3v) is 2.11. The molecule has 2 heterocycles. The molecule has 13 heavy (non-hydrogen) atoms. The van der Waals surface area contributed by atoms with Crippen LogP contribution in [0.5, 0.6) is 0 Å². The van der Waals surface area contributed by atoms with Crippen LogP contribution in [0.2, 0.25) is 5.15 Å². The fourth-order valence-electron chi connectivity index (χ4n) is 1.02. The van der Waals surface area contributed by atoms with Crippen LogP contribution in [0.15, 0.2) is 6.33 Å². The van der Waals surface area contributed by atoms with Gasteiger partial charge >= 0.3 is 0 Å². The largest absolute Gasteiger partial charge is 0.245 e. The Bertz CT molecular complexity index is 469. The average Bonchev–Trinajstić information content (AvgIpc) is 2.09. The lowest BCUT2D eigenvalue weighted by molar-refractivity contribution is 1.06. The van der Waals surface area contributed by atoms with E-state index in [2.05, 4.69) is 19.9 Å². The zero-order valence-electron chi connectivity index (χ0n) is 7.24. The number of aryl methyl sites for hydroxylation is 2. The quantitative estimate of drug-likeness (QED) is 0.599. The van der Waals surface area contributed by atoms with E-state index in [0.29, 0.717) is 16.3 Å². The Labute approximate surface area is 80.0 Å². The highest BCUT2D eigenvalue weighted by molar-refractivity contribution is 6.33. The third-order valence-electron chi connectivity index (χ3n) is 1.84.